The summed E-state index contributed by atoms with van der Waals surface area (Å²) in [5.41, 5.74) is 3.00. The van der Waals surface area contributed by atoms with Crippen LogP contribution in [0.4, 0.5) is 5.82 Å². The molecule has 4 rings (SSSR count). The smallest absolute Gasteiger partial charge is 0.252 e. The first-order valence-corrected chi connectivity index (χ1v) is 10.2. The van der Waals surface area contributed by atoms with Crippen LogP contribution in [0.25, 0.3) is 5.52 Å². The summed E-state index contributed by atoms with van der Waals surface area (Å²) in [6, 6.07) is 18.4. The van der Waals surface area contributed by atoms with Crippen molar-refractivity contribution >= 4 is 17.2 Å². The van der Waals surface area contributed by atoms with Crippen molar-refractivity contribution in [2.45, 2.75) is 6.54 Å². The van der Waals surface area contributed by atoms with E-state index in [1.165, 1.54) is 5.56 Å². The highest BCUT2D eigenvalue weighted by atomic mass is 16.5. The molecule has 1 fully saturated rings. The van der Waals surface area contributed by atoms with E-state index in [2.05, 4.69) is 63.0 Å². The van der Waals surface area contributed by atoms with Crippen molar-refractivity contribution in [3.8, 4) is 0 Å². The second-order valence-corrected chi connectivity index (χ2v) is 7.46. The quantitative estimate of drug-likeness (QED) is 0.672. The predicted octanol–water partition coefficient (Wildman–Crippen LogP) is 2.64. The number of anilines is 1. The minimum Gasteiger partial charge on any atom is -0.379 e. The van der Waals surface area contributed by atoms with Gasteiger partial charge in [0.1, 0.15) is 5.82 Å². The van der Waals surface area contributed by atoms with Gasteiger partial charge >= 0.3 is 0 Å². The number of morpholine rings is 1. The van der Waals surface area contributed by atoms with Crippen molar-refractivity contribution < 1.29 is 9.53 Å². The van der Waals surface area contributed by atoms with Crippen molar-refractivity contribution in [1.29, 1.82) is 0 Å². The second-order valence-electron chi connectivity index (χ2n) is 7.46. The average molecular weight is 393 g/mol. The predicted molar refractivity (Wildman–Crippen MR) is 116 cm³/mol. The van der Waals surface area contributed by atoms with Crippen molar-refractivity contribution in [2.75, 3.05) is 51.3 Å². The van der Waals surface area contributed by atoms with E-state index in [1.807, 2.05) is 24.4 Å². The van der Waals surface area contributed by atoms with Gasteiger partial charge in [-0.2, -0.15) is 0 Å². The van der Waals surface area contributed by atoms with Gasteiger partial charge in [0.25, 0.3) is 5.91 Å². The zero-order valence-corrected chi connectivity index (χ0v) is 16.9. The van der Waals surface area contributed by atoms with Gasteiger partial charge in [0.05, 0.1) is 18.8 Å². The summed E-state index contributed by atoms with van der Waals surface area (Å²) >= 11 is 0. The molecular weight excluding hydrogens is 364 g/mol. The summed E-state index contributed by atoms with van der Waals surface area (Å²) in [7, 11) is 2.07. The summed E-state index contributed by atoms with van der Waals surface area (Å²) in [6.07, 6.45) is 1.93. The van der Waals surface area contributed by atoms with Gasteiger partial charge in [-0.25, -0.2) is 0 Å². The normalized spacial score (nSPS) is 14.8. The SMILES string of the molecule is CN(Cc1ccccc1)c1ccc2ccc(C(=O)NCCN3CCOCC3)cn12. The number of nitrogens with zero attached hydrogens (tertiary/aromatic N) is 3. The molecule has 0 atom stereocenters. The number of rotatable bonds is 7. The molecule has 0 unspecified atom stereocenters. The van der Waals surface area contributed by atoms with Gasteiger partial charge in [-0.1, -0.05) is 30.3 Å². The largest absolute Gasteiger partial charge is 0.379 e. The lowest BCUT2D eigenvalue weighted by Crippen LogP contribution is -2.41. The molecule has 1 N–H and O–H groups in total. The Bertz CT molecular complexity index is 948. The summed E-state index contributed by atoms with van der Waals surface area (Å²) in [5, 5.41) is 3.04. The fraction of sp³-hybridized carbons (Fsp3) is 0.348. The van der Waals surface area contributed by atoms with Crippen LogP contribution in [0.15, 0.2) is 60.8 Å². The Morgan fingerprint density at radius 1 is 1.07 bits per heavy atom. The first-order chi connectivity index (χ1) is 14.2. The van der Waals surface area contributed by atoms with Gasteiger partial charge in [0.15, 0.2) is 0 Å². The Labute approximate surface area is 171 Å². The van der Waals surface area contributed by atoms with Crippen LogP contribution in [-0.4, -0.2) is 61.6 Å². The number of pyridine rings is 1. The van der Waals surface area contributed by atoms with E-state index in [0.29, 0.717) is 12.1 Å². The van der Waals surface area contributed by atoms with Gasteiger partial charge in [0, 0.05) is 51.5 Å². The van der Waals surface area contributed by atoms with E-state index in [-0.39, 0.29) is 5.91 Å². The summed E-state index contributed by atoms with van der Waals surface area (Å²) in [6.45, 7) is 5.72. The van der Waals surface area contributed by atoms with E-state index in [9.17, 15) is 4.79 Å². The molecular formula is C23H28N4O2. The number of ether oxygens (including phenoxy) is 1. The lowest BCUT2D eigenvalue weighted by Gasteiger charge is -2.26. The van der Waals surface area contributed by atoms with Gasteiger partial charge in [-0.3, -0.25) is 9.69 Å². The van der Waals surface area contributed by atoms with E-state index < -0.39 is 0 Å². The van der Waals surface area contributed by atoms with Crippen molar-refractivity contribution in [2.24, 2.45) is 0 Å². The molecule has 0 saturated carbocycles. The number of hydrogen-bond acceptors (Lipinski definition) is 4. The summed E-state index contributed by atoms with van der Waals surface area (Å²) in [5.74, 6) is 1.03. The highest BCUT2D eigenvalue weighted by Gasteiger charge is 2.13. The fourth-order valence-electron chi connectivity index (χ4n) is 3.72. The van der Waals surface area contributed by atoms with Gasteiger partial charge in [0.2, 0.25) is 0 Å². The van der Waals surface area contributed by atoms with E-state index in [4.69, 9.17) is 4.74 Å². The minimum absolute atomic E-state index is 0.0366. The van der Waals surface area contributed by atoms with Crippen molar-refractivity contribution in [3.63, 3.8) is 0 Å². The maximum Gasteiger partial charge on any atom is 0.252 e. The number of benzene rings is 1. The van der Waals surface area contributed by atoms with Gasteiger partial charge < -0.3 is 19.4 Å². The molecule has 1 aromatic carbocycles. The first kappa shape index (κ1) is 19.5. The molecule has 152 valence electrons. The number of aromatic nitrogens is 1. The molecule has 1 amide bonds. The van der Waals surface area contributed by atoms with Crippen LogP contribution in [0.5, 0.6) is 0 Å². The van der Waals surface area contributed by atoms with E-state index >= 15 is 0 Å². The molecule has 6 nitrogen and oxygen atoms in total. The van der Waals surface area contributed by atoms with Crippen LogP contribution in [0.3, 0.4) is 0 Å². The number of carbonyl (C=O) groups is 1. The third-order valence-corrected chi connectivity index (χ3v) is 5.36. The Morgan fingerprint density at radius 2 is 1.83 bits per heavy atom. The molecule has 1 saturated heterocycles. The molecule has 0 spiro atoms. The zero-order valence-electron chi connectivity index (χ0n) is 16.9. The number of amides is 1. The molecule has 2 aromatic heterocycles. The molecule has 0 bridgehead atoms. The second kappa shape index (κ2) is 9.11. The van der Waals surface area contributed by atoms with Crippen LogP contribution in [0.2, 0.25) is 0 Å². The molecule has 0 aliphatic carbocycles. The van der Waals surface area contributed by atoms with Gasteiger partial charge in [-0.05, 0) is 29.8 Å². The highest BCUT2D eigenvalue weighted by molar-refractivity contribution is 5.94. The lowest BCUT2D eigenvalue weighted by atomic mass is 10.2. The van der Waals surface area contributed by atoms with Crippen LogP contribution >= 0.6 is 0 Å². The van der Waals surface area contributed by atoms with E-state index in [1.54, 1.807) is 0 Å². The number of hydrogen-bond donors (Lipinski definition) is 1. The standard InChI is InChI=1S/C23H28N4O2/c1-25(17-19-5-3-2-4-6-19)22-10-9-21-8-7-20(18-27(21)22)23(28)24-11-12-26-13-15-29-16-14-26/h2-10,18H,11-17H2,1H3,(H,24,28). The molecule has 3 heterocycles. The summed E-state index contributed by atoms with van der Waals surface area (Å²) in [4.78, 5) is 17.2. The average Bonchev–Trinajstić information content (AvgIpc) is 3.18. The molecule has 3 aromatic rings. The Hall–Kier alpha value is -2.83. The maximum absolute atomic E-state index is 12.6. The molecule has 0 radical (unpaired) electrons. The third-order valence-electron chi connectivity index (χ3n) is 5.36. The third kappa shape index (κ3) is 4.78. The Morgan fingerprint density at radius 3 is 2.62 bits per heavy atom. The maximum atomic E-state index is 12.6. The Balaban J connectivity index is 1.42. The van der Waals surface area contributed by atoms with Crippen molar-refractivity contribution in [1.82, 2.24) is 14.6 Å². The van der Waals surface area contributed by atoms with Crippen LogP contribution in [0.1, 0.15) is 15.9 Å². The summed E-state index contributed by atoms with van der Waals surface area (Å²) < 4.78 is 7.45. The topological polar surface area (TPSA) is 49.2 Å². The van der Waals surface area contributed by atoms with Crippen molar-refractivity contribution in [3.05, 3.63) is 71.9 Å². The minimum atomic E-state index is -0.0366. The monoisotopic (exact) mass is 392 g/mol. The number of carbonyl (C=O) groups excluding carboxylic acids is 1. The van der Waals surface area contributed by atoms with Crippen LogP contribution < -0.4 is 10.2 Å². The lowest BCUT2D eigenvalue weighted by molar-refractivity contribution is 0.0383. The van der Waals surface area contributed by atoms with Crippen LogP contribution in [0, 0.1) is 0 Å². The fourth-order valence-corrected chi connectivity index (χ4v) is 3.72. The highest BCUT2D eigenvalue weighted by Crippen LogP contribution is 2.21. The van der Waals surface area contributed by atoms with Gasteiger partial charge in [-0.15, -0.1) is 0 Å². The Kier molecular flexibility index (Phi) is 6.12. The first-order valence-electron chi connectivity index (χ1n) is 10.2. The number of nitrogens with one attached hydrogen (secondary N) is 1. The molecule has 29 heavy (non-hydrogen) atoms. The molecule has 1 aliphatic rings. The van der Waals surface area contributed by atoms with E-state index in [0.717, 1.165) is 50.7 Å². The number of fused-ring (bicyclic) bond motifs is 1. The molecule has 6 heteroatoms. The zero-order chi connectivity index (χ0) is 20.1. The van der Waals surface area contributed by atoms with Crippen LogP contribution in [-0.2, 0) is 11.3 Å². The molecule has 1 aliphatic heterocycles.